The zero-order chi connectivity index (χ0) is 29.3. The molecule has 1 unspecified atom stereocenters. The van der Waals surface area contributed by atoms with Crippen LogP contribution in [0.5, 0.6) is 0 Å². The molecule has 11 heteroatoms. The second kappa shape index (κ2) is 14.5. The first-order valence-electron chi connectivity index (χ1n) is 13.4. The van der Waals surface area contributed by atoms with E-state index in [1.807, 2.05) is 66.9 Å². The highest BCUT2D eigenvalue weighted by atomic mass is 16.2. The number of aromatic nitrogens is 2. The van der Waals surface area contributed by atoms with E-state index in [4.69, 9.17) is 10.8 Å². The number of likely N-dealkylation sites (N-methyl/N-ethyl adjacent to an activating group) is 1. The molecular weight excluding hydrogens is 496 g/mol. The summed E-state index contributed by atoms with van der Waals surface area (Å²) >= 11 is 0. The molecule has 3 amide bonds. The number of nitrogens with zero attached hydrogens (tertiary/aromatic N) is 4. The lowest BCUT2D eigenvalue weighted by molar-refractivity contribution is -0.119. The average Bonchev–Trinajstić information content (AvgIpc) is 3.35. The van der Waals surface area contributed by atoms with Crippen LogP contribution in [0.3, 0.4) is 0 Å². The monoisotopic (exact) mass is 540 g/mol. The lowest BCUT2D eigenvalue weighted by Gasteiger charge is -2.31. The van der Waals surface area contributed by atoms with Crippen LogP contribution in [0.2, 0.25) is 0 Å². The molecule has 0 bridgehead atoms. The van der Waals surface area contributed by atoms with E-state index < -0.39 is 0 Å². The molecular formula is C28H44N8O3. The van der Waals surface area contributed by atoms with E-state index in [0.717, 1.165) is 17.7 Å². The molecule has 2 heterocycles. The molecule has 0 saturated heterocycles. The van der Waals surface area contributed by atoms with Crippen molar-refractivity contribution in [3.05, 3.63) is 47.3 Å². The van der Waals surface area contributed by atoms with Gasteiger partial charge in [0, 0.05) is 38.2 Å². The summed E-state index contributed by atoms with van der Waals surface area (Å²) < 4.78 is 1.71. The Morgan fingerprint density at radius 3 is 2.51 bits per heavy atom. The van der Waals surface area contributed by atoms with E-state index in [1.54, 1.807) is 28.8 Å². The number of benzene rings is 1. The molecule has 1 aliphatic rings. The van der Waals surface area contributed by atoms with Gasteiger partial charge in [0.1, 0.15) is 5.69 Å². The van der Waals surface area contributed by atoms with Gasteiger partial charge in [0.25, 0.3) is 11.8 Å². The van der Waals surface area contributed by atoms with Gasteiger partial charge in [0.2, 0.25) is 5.91 Å². The van der Waals surface area contributed by atoms with E-state index in [-0.39, 0.29) is 42.9 Å². The molecule has 1 aromatic heterocycles. The van der Waals surface area contributed by atoms with Gasteiger partial charge in [-0.05, 0) is 44.8 Å². The number of hydrogen-bond donors (Lipinski definition) is 4. The van der Waals surface area contributed by atoms with Crippen LogP contribution in [-0.4, -0.2) is 78.2 Å². The Morgan fingerprint density at radius 1 is 1.23 bits per heavy atom. The Morgan fingerprint density at radius 2 is 1.92 bits per heavy atom. The van der Waals surface area contributed by atoms with Gasteiger partial charge in [-0.2, -0.15) is 5.10 Å². The molecule has 1 atom stereocenters. The summed E-state index contributed by atoms with van der Waals surface area (Å²) in [6, 6.07) is 7.52. The quantitative estimate of drug-likeness (QED) is 0.340. The van der Waals surface area contributed by atoms with Crippen LogP contribution in [0.4, 0.5) is 5.69 Å². The van der Waals surface area contributed by atoms with Gasteiger partial charge < -0.3 is 31.5 Å². The molecule has 1 aromatic carbocycles. The molecule has 1 aliphatic heterocycles. The fourth-order valence-electron chi connectivity index (χ4n) is 4.15. The summed E-state index contributed by atoms with van der Waals surface area (Å²) in [6.07, 6.45) is 1.58. The van der Waals surface area contributed by atoms with Gasteiger partial charge in [0.05, 0.1) is 29.8 Å². The summed E-state index contributed by atoms with van der Waals surface area (Å²) in [6.45, 7) is 11.0. The van der Waals surface area contributed by atoms with Crippen molar-refractivity contribution in [1.29, 1.82) is 0 Å². The van der Waals surface area contributed by atoms with Gasteiger partial charge in [-0.25, -0.2) is 0 Å². The fourth-order valence-corrected chi connectivity index (χ4v) is 4.15. The third kappa shape index (κ3) is 7.90. The number of rotatable bonds is 10. The third-order valence-corrected chi connectivity index (χ3v) is 6.05. The smallest absolute Gasteiger partial charge is 0.273 e. The highest BCUT2D eigenvalue weighted by Crippen LogP contribution is 2.32. The molecule has 0 saturated carbocycles. The van der Waals surface area contributed by atoms with Crippen molar-refractivity contribution in [2.24, 2.45) is 11.7 Å². The Hall–Kier alpha value is -3.70. The molecule has 0 aliphatic carbocycles. The SMILES string of the molecule is CC.CN/C(=C\CN)C(=O)NCN1CC(C)n2nc(-c3ccc(CN(C)C)cc3NC(=O)C(C)C)cc2C1=O. The standard InChI is InChI=1S/C26H38N8O3.C2H6/c1-16(2)24(35)30-21-11-18(14-32(5)6)7-8-19(21)22-12-23-26(37)33(13-17(3)34(23)31-22)15-29-25(36)20(28-4)9-10-27;1-2/h7-9,11-12,16-17,28H,10,13-15,27H2,1-6H3,(H,29,36)(H,30,35);1-2H3/b20-9-;. The minimum absolute atomic E-state index is 0.0566. The second-order valence-corrected chi connectivity index (χ2v) is 9.77. The van der Waals surface area contributed by atoms with E-state index in [2.05, 4.69) is 20.9 Å². The lowest BCUT2D eigenvalue weighted by atomic mass is 10.0. The first-order chi connectivity index (χ1) is 18.5. The van der Waals surface area contributed by atoms with E-state index in [9.17, 15) is 14.4 Å². The Bertz CT molecular complexity index is 1190. The highest BCUT2D eigenvalue weighted by Gasteiger charge is 2.31. The number of hydrogen-bond acceptors (Lipinski definition) is 7. The molecule has 214 valence electrons. The second-order valence-electron chi connectivity index (χ2n) is 9.77. The van der Waals surface area contributed by atoms with Gasteiger partial charge in [0.15, 0.2) is 0 Å². The van der Waals surface area contributed by atoms with Crippen LogP contribution in [0, 0.1) is 5.92 Å². The maximum absolute atomic E-state index is 13.3. The summed E-state index contributed by atoms with van der Waals surface area (Å²) in [5.74, 6) is -0.850. The van der Waals surface area contributed by atoms with Crippen LogP contribution in [-0.2, 0) is 16.1 Å². The van der Waals surface area contributed by atoms with Crippen molar-refractivity contribution < 1.29 is 14.4 Å². The minimum Gasteiger partial charge on any atom is -0.384 e. The van der Waals surface area contributed by atoms with E-state index >= 15 is 0 Å². The Labute approximate surface area is 231 Å². The summed E-state index contributed by atoms with van der Waals surface area (Å²) in [5.41, 5.74) is 9.32. The lowest BCUT2D eigenvalue weighted by Crippen LogP contribution is -2.48. The maximum atomic E-state index is 13.3. The largest absolute Gasteiger partial charge is 0.384 e. The number of nitrogens with two attached hydrogens (primary N) is 1. The Balaban J connectivity index is 0.00000260. The Kier molecular flexibility index (Phi) is 11.7. The molecule has 0 fully saturated rings. The van der Waals surface area contributed by atoms with Gasteiger partial charge in [-0.15, -0.1) is 0 Å². The van der Waals surface area contributed by atoms with Crippen LogP contribution >= 0.6 is 0 Å². The number of fused-ring (bicyclic) bond motifs is 1. The van der Waals surface area contributed by atoms with E-state index in [1.165, 1.54) is 0 Å². The van der Waals surface area contributed by atoms with Gasteiger partial charge in [-0.3, -0.25) is 19.1 Å². The zero-order valence-corrected chi connectivity index (χ0v) is 24.5. The first kappa shape index (κ1) is 31.5. The maximum Gasteiger partial charge on any atom is 0.273 e. The molecule has 0 spiro atoms. The van der Waals surface area contributed by atoms with Gasteiger partial charge in [-0.1, -0.05) is 39.8 Å². The van der Waals surface area contributed by atoms with Crippen LogP contribution in [0.15, 0.2) is 36.0 Å². The van der Waals surface area contributed by atoms with Crippen LogP contribution in [0.25, 0.3) is 11.3 Å². The van der Waals surface area contributed by atoms with Crippen molar-refractivity contribution >= 4 is 23.4 Å². The predicted octanol–water partition coefficient (Wildman–Crippen LogP) is 2.38. The number of anilines is 1. The van der Waals surface area contributed by atoms with E-state index in [0.29, 0.717) is 29.3 Å². The molecule has 5 N–H and O–H groups in total. The predicted molar refractivity (Wildman–Crippen MR) is 155 cm³/mol. The van der Waals surface area contributed by atoms with Crippen molar-refractivity contribution in [3.63, 3.8) is 0 Å². The number of amides is 3. The molecule has 2 aromatic rings. The topological polar surface area (TPSA) is 138 Å². The van der Waals surface area contributed by atoms with Crippen molar-refractivity contribution in [2.75, 3.05) is 46.2 Å². The summed E-state index contributed by atoms with van der Waals surface area (Å²) in [7, 11) is 5.61. The summed E-state index contributed by atoms with van der Waals surface area (Å²) in [5, 5.41) is 13.3. The number of carbonyl (C=O) groups excluding carboxylic acids is 3. The van der Waals surface area contributed by atoms with Crippen LogP contribution in [0.1, 0.15) is 56.7 Å². The molecule has 3 rings (SSSR count). The normalized spacial score (nSPS) is 15.1. The van der Waals surface area contributed by atoms with Crippen molar-refractivity contribution in [2.45, 2.75) is 47.2 Å². The van der Waals surface area contributed by atoms with Crippen molar-refractivity contribution in [1.82, 2.24) is 30.2 Å². The van der Waals surface area contributed by atoms with Gasteiger partial charge >= 0.3 is 0 Å². The highest BCUT2D eigenvalue weighted by molar-refractivity contribution is 5.98. The first-order valence-corrected chi connectivity index (χ1v) is 13.4. The average molecular weight is 541 g/mol. The molecule has 0 radical (unpaired) electrons. The van der Waals surface area contributed by atoms with Crippen molar-refractivity contribution in [3.8, 4) is 11.3 Å². The summed E-state index contributed by atoms with van der Waals surface area (Å²) in [4.78, 5) is 41.9. The number of carbonyl (C=O) groups is 3. The number of nitrogens with one attached hydrogen (secondary N) is 3. The molecule has 39 heavy (non-hydrogen) atoms. The fraction of sp³-hybridized carbons (Fsp3) is 0.500. The molecule has 11 nitrogen and oxygen atoms in total. The van der Waals surface area contributed by atoms with Crippen LogP contribution < -0.4 is 21.7 Å². The third-order valence-electron chi connectivity index (χ3n) is 6.05. The minimum atomic E-state index is -0.337. The zero-order valence-electron chi connectivity index (χ0n) is 24.5.